The predicted octanol–water partition coefficient (Wildman–Crippen LogP) is 5.95. The summed E-state index contributed by atoms with van der Waals surface area (Å²) in [7, 11) is 0. The van der Waals surface area contributed by atoms with Crippen LogP contribution >= 0.6 is 0 Å². The normalized spacial score (nSPS) is 9.91. The summed E-state index contributed by atoms with van der Waals surface area (Å²) in [5.74, 6) is 1.57. The van der Waals surface area contributed by atoms with Crippen molar-refractivity contribution in [3.63, 3.8) is 0 Å². The summed E-state index contributed by atoms with van der Waals surface area (Å²) in [6.45, 7) is 13.3. The van der Waals surface area contributed by atoms with Crippen molar-refractivity contribution >= 4 is 3.26 Å². The maximum atomic E-state index is 2.24. The fourth-order valence-corrected chi connectivity index (χ4v) is 2.04. The average molecular weight is 463 g/mol. The maximum absolute atomic E-state index is 2.24. The summed E-state index contributed by atoms with van der Waals surface area (Å²) in [4.78, 5) is 0. The molecule has 120 valence electrons. The topological polar surface area (TPSA) is 0 Å². The van der Waals surface area contributed by atoms with Gasteiger partial charge in [-0.15, -0.1) is 0 Å². The van der Waals surface area contributed by atoms with Crippen LogP contribution in [-0.2, 0) is 36.7 Å². The van der Waals surface area contributed by atoms with Gasteiger partial charge in [0, 0.05) is 0 Å². The molecule has 2 aromatic rings. The molecular weight excluding hydrogens is 431 g/mol. The zero-order chi connectivity index (χ0) is 17.0. The van der Waals surface area contributed by atoms with Gasteiger partial charge in [-0.05, 0) is 0 Å². The Morgan fingerprint density at radius 3 is 1.36 bits per heavy atom. The van der Waals surface area contributed by atoms with Crippen molar-refractivity contribution < 1.29 is 23.9 Å². The van der Waals surface area contributed by atoms with E-state index in [-0.39, 0.29) is 0 Å². The van der Waals surface area contributed by atoms with Crippen LogP contribution in [-0.4, -0.2) is 3.26 Å². The predicted molar refractivity (Wildman–Crippen MR) is 97.5 cm³/mol. The van der Waals surface area contributed by atoms with Crippen molar-refractivity contribution in [1.82, 2.24) is 0 Å². The van der Waals surface area contributed by atoms with E-state index in [0.29, 0.717) is 0 Å². The molecule has 0 aromatic heterocycles. The molecule has 1 heteroatoms. The van der Waals surface area contributed by atoms with Crippen LogP contribution in [0.5, 0.6) is 0 Å². The molecule has 2 rings (SSSR count). The molecule has 0 bridgehead atoms. The third-order valence-electron chi connectivity index (χ3n) is 2.75. The van der Waals surface area contributed by atoms with Gasteiger partial charge in [0.15, 0.2) is 0 Å². The molecule has 0 aliphatic carbocycles. The van der Waals surface area contributed by atoms with Gasteiger partial charge in [-0.2, -0.15) is 47.5 Å². The van der Waals surface area contributed by atoms with Crippen LogP contribution in [0.25, 0.3) is 0 Å². The summed E-state index contributed by atoms with van der Waals surface area (Å²) in [6, 6.07) is 17.1. The van der Waals surface area contributed by atoms with Gasteiger partial charge in [-0.25, -0.2) is 12.1 Å². The Bertz CT molecular complexity index is 414. The van der Waals surface area contributed by atoms with Crippen LogP contribution in [0.3, 0.4) is 0 Å². The molecule has 0 saturated carbocycles. The third-order valence-corrected chi connectivity index (χ3v) is 2.75. The van der Waals surface area contributed by atoms with Gasteiger partial charge in [0.25, 0.3) is 0 Å². The Labute approximate surface area is 152 Å². The van der Waals surface area contributed by atoms with Crippen LogP contribution in [0.4, 0.5) is 0 Å². The third kappa shape index (κ3) is 14.4. The van der Waals surface area contributed by atoms with Crippen LogP contribution in [0, 0.1) is 11.8 Å². The first-order valence-electron chi connectivity index (χ1n) is 8.24. The second kappa shape index (κ2) is 12.9. The van der Waals surface area contributed by atoms with Crippen molar-refractivity contribution in [1.29, 1.82) is 0 Å². The van der Waals surface area contributed by atoms with Crippen molar-refractivity contribution in [2.45, 2.75) is 54.4 Å². The van der Waals surface area contributed by atoms with Crippen LogP contribution in [0.2, 0.25) is 0 Å². The average Bonchev–Trinajstić information content (AvgIpc) is 3.01. The van der Waals surface area contributed by atoms with Crippen molar-refractivity contribution in [2.75, 3.05) is 0 Å². The molecule has 2 aromatic carbocycles. The summed E-state index contributed by atoms with van der Waals surface area (Å²) < 4.78 is 1.56. The standard InChI is InChI=1S/2C9H13.C3H6.Hf/c2*1-8(2)7-9-5-3-4-6-9;1-3-2;/h2*3-6,8H,7H2,1-2H3;1-2H3;/q2*-1;;+2. The van der Waals surface area contributed by atoms with E-state index < -0.39 is 0 Å². The Morgan fingerprint density at radius 1 is 0.864 bits per heavy atom. The Hall–Kier alpha value is -0.560. The van der Waals surface area contributed by atoms with E-state index >= 15 is 0 Å². The Kier molecular flexibility index (Phi) is 12.6. The molecule has 0 N–H and O–H groups in total. The summed E-state index contributed by atoms with van der Waals surface area (Å²) >= 11 is 1.27. The summed E-state index contributed by atoms with van der Waals surface area (Å²) in [6.07, 6.45) is 2.43. The van der Waals surface area contributed by atoms with E-state index in [1.165, 1.54) is 47.9 Å². The van der Waals surface area contributed by atoms with Crippen molar-refractivity contribution in [2.24, 2.45) is 11.8 Å². The fourth-order valence-electron chi connectivity index (χ4n) is 2.04. The van der Waals surface area contributed by atoms with Crippen LogP contribution in [0.15, 0.2) is 48.5 Å². The Morgan fingerprint density at radius 2 is 1.18 bits per heavy atom. The van der Waals surface area contributed by atoms with E-state index in [1.807, 2.05) is 0 Å². The van der Waals surface area contributed by atoms with Crippen LogP contribution in [0.1, 0.15) is 52.7 Å². The molecule has 22 heavy (non-hydrogen) atoms. The molecule has 0 atom stereocenters. The molecular formula is C21H32Hf. The fraction of sp³-hybridized carbons (Fsp3) is 0.476. The zero-order valence-corrected chi connectivity index (χ0v) is 18.8. The minimum absolute atomic E-state index is 0.785. The molecule has 0 nitrogen and oxygen atoms in total. The molecule has 0 aliphatic rings. The monoisotopic (exact) mass is 464 g/mol. The number of hydrogen-bond donors (Lipinski definition) is 0. The first kappa shape index (κ1) is 21.4. The van der Waals surface area contributed by atoms with Gasteiger partial charge in [-0.1, -0.05) is 52.4 Å². The van der Waals surface area contributed by atoms with Crippen molar-refractivity contribution in [3.05, 3.63) is 59.7 Å². The van der Waals surface area contributed by atoms with E-state index in [2.05, 4.69) is 90.1 Å². The first-order valence-corrected chi connectivity index (χ1v) is 10.0. The first-order chi connectivity index (χ1) is 10.3. The van der Waals surface area contributed by atoms with Gasteiger partial charge in [0.05, 0.1) is 0 Å². The molecule has 0 amide bonds. The van der Waals surface area contributed by atoms with Gasteiger partial charge >= 0.3 is 41.0 Å². The summed E-state index contributed by atoms with van der Waals surface area (Å²) in [5, 5.41) is 0. The second-order valence-corrected chi connectivity index (χ2v) is 10.4. The van der Waals surface area contributed by atoms with E-state index in [1.54, 1.807) is 3.26 Å². The molecule has 0 radical (unpaired) electrons. The zero-order valence-electron chi connectivity index (χ0n) is 15.2. The number of hydrogen-bond acceptors (Lipinski definition) is 0. The van der Waals surface area contributed by atoms with E-state index in [9.17, 15) is 0 Å². The number of rotatable bonds is 4. The van der Waals surface area contributed by atoms with E-state index in [0.717, 1.165) is 11.8 Å². The van der Waals surface area contributed by atoms with Gasteiger partial charge in [0.2, 0.25) is 0 Å². The summed E-state index contributed by atoms with van der Waals surface area (Å²) in [5.41, 5.74) is 2.93. The molecule has 0 spiro atoms. The molecule has 0 fully saturated rings. The quantitative estimate of drug-likeness (QED) is 0.389. The minimum atomic E-state index is 0.785. The molecule has 0 heterocycles. The Balaban J connectivity index is 0.000000326. The SMILES string of the molecule is CC(C)Cc1cc[cH-]c1.CC(C)Cc1cc[cH-]c1.C[C](C)=[Hf+2]. The van der Waals surface area contributed by atoms with Crippen LogP contribution < -0.4 is 0 Å². The van der Waals surface area contributed by atoms with Crippen molar-refractivity contribution in [3.8, 4) is 0 Å². The van der Waals surface area contributed by atoms with Gasteiger partial charge < -0.3 is 0 Å². The van der Waals surface area contributed by atoms with E-state index in [4.69, 9.17) is 0 Å². The molecule has 0 unspecified atom stereocenters. The van der Waals surface area contributed by atoms with Gasteiger partial charge in [0.1, 0.15) is 0 Å². The van der Waals surface area contributed by atoms with Gasteiger partial charge in [-0.3, -0.25) is 0 Å². The molecule has 0 aliphatic heterocycles. The second-order valence-electron chi connectivity index (χ2n) is 6.78. The molecule has 0 saturated heterocycles.